The van der Waals surface area contributed by atoms with E-state index < -0.39 is 0 Å². The summed E-state index contributed by atoms with van der Waals surface area (Å²) in [6.07, 6.45) is 1.88. The summed E-state index contributed by atoms with van der Waals surface area (Å²) in [6, 6.07) is 7.19. The number of carbonyl (C=O) groups is 1. The van der Waals surface area contributed by atoms with Gasteiger partial charge in [0, 0.05) is 25.5 Å². The van der Waals surface area contributed by atoms with E-state index in [-0.39, 0.29) is 5.91 Å². The maximum atomic E-state index is 12.1. The fourth-order valence-corrected chi connectivity index (χ4v) is 2.37. The molecule has 0 bridgehead atoms. The monoisotopic (exact) mass is 306 g/mol. The number of aromatic nitrogens is 2. The van der Waals surface area contributed by atoms with Crippen molar-refractivity contribution >= 4 is 28.9 Å². The van der Waals surface area contributed by atoms with Crippen molar-refractivity contribution in [3.8, 4) is 0 Å². The number of nitrogens with one attached hydrogen (secondary N) is 2. The number of hydrogen-bond acceptors (Lipinski definition) is 3. The third-order valence-corrected chi connectivity index (χ3v) is 3.37. The normalized spacial score (nSPS) is 10.5. The van der Waals surface area contributed by atoms with E-state index in [1.165, 1.54) is 0 Å². The first kappa shape index (κ1) is 15.4. The molecule has 6 heteroatoms. The summed E-state index contributed by atoms with van der Waals surface area (Å²) in [7, 11) is 3.83. The van der Waals surface area contributed by atoms with Crippen molar-refractivity contribution in [2.45, 2.75) is 19.8 Å². The maximum Gasteiger partial charge on any atom is 0.276 e. The summed E-state index contributed by atoms with van der Waals surface area (Å²) in [6.45, 7) is 2.08. The van der Waals surface area contributed by atoms with Gasteiger partial charge in [0.25, 0.3) is 5.91 Å². The molecule has 0 radical (unpaired) electrons. The second-order valence-electron chi connectivity index (χ2n) is 5.04. The number of carbonyl (C=O) groups excluding carboxylic acids is 1. The highest BCUT2D eigenvalue weighted by molar-refractivity contribution is 6.33. The van der Waals surface area contributed by atoms with Crippen molar-refractivity contribution in [2.75, 3.05) is 24.3 Å². The number of aryl methyl sites for hydroxylation is 1. The van der Waals surface area contributed by atoms with Crippen molar-refractivity contribution in [3.05, 3.63) is 40.7 Å². The van der Waals surface area contributed by atoms with Crippen LogP contribution in [-0.4, -0.2) is 30.2 Å². The van der Waals surface area contributed by atoms with E-state index in [1.54, 1.807) is 12.1 Å². The standard InChI is InChI=1S/C15H19ClN4O/c1-4-5-11-9-13(19-18-11)15(21)17-10-6-7-14(20(2)3)12(16)8-10/h6-9H,4-5H2,1-3H3,(H,17,21)(H,18,19). The second kappa shape index (κ2) is 6.63. The van der Waals surface area contributed by atoms with Crippen LogP contribution < -0.4 is 10.2 Å². The molecule has 0 spiro atoms. The molecular formula is C15H19ClN4O. The highest BCUT2D eigenvalue weighted by atomic mass is 35.5. The average molecular weight is 307 g/mol. The van der Waals surface area contributed by atoms with Crippen molar-refractivity contribution < 1.29 is 4.79 Å². The van der Waals surface area contributed by atoms with Crippen LogP contribution in [-0.2, 0) is 6.42 Å². The summed E-state index contributed by atoms with van der Waals surface area (Å²) in [5.74, 6) is -0.248. The number of benzene rings is 1. The summed E-state index contributed by atoms with van der Waals surface area (Å²) >= 11 is 6.18. The topological polar surface area (TPSA) is 61.0 Å². The summed E-state index contributed by atoms with van der Waals surface area (Å²) < 4.78 is 0. The Morgan fingerprint density at radius 2 is 2.14 bits per heavy atom. The lowest BCUT2D eigenvalue weighted by Crippen LogP contribution is -2.13. The molecule has 2 aromatic rings. The number of amides is 1. The van der Waals surface area contributed by atoms with Crippen LogP contribution in [0.1, 0.15) is 29.5 Å². The third-order valence-electron chi connectivity index (χ3n) is 3.07. The Labute approximate surface area is 129 Å². The maximum absolute atomic E-state index is 12.1. The Hall–Kier alpha value is -2.01. The molecule has 0 atom stereocenters. The largest absolute Gasteiger partial charge is 0.376 e. The van der Waals surface area contributed by atoms with Crippen molar-refractivity contribution in [1.82, 2.24) is 10.2 Å². The molecule has 1 aromatic carbocycles. The Morgan fingerprint density at radius 1 is 1.38 bits per heavy atom. The molecule has 1 heterocycles. The highest BCUT2D eigenvalue weighted by Gasteiger charge is 2.11. The molecule has 0 aliphatic heterocycles. The number of hydrogen-bond donors (Lipinski definition) is 2. The molecule has 112 valence electrons. The van der Waals surface area contributed by atoms with E-state index in [2.05, 4.69) is 22.4 Å². The van der Waals surface area contributed by atoms with Crippen LogP contribution in [0.15, 0.2) is 24.3 Å². The van der Waals surface area contributed by atoms with Crippen LogP contribution >= 0.6 is 11.6 Å². The third kappa shape index (κ3) is 3.76. The van der Waals surface area contributed by atoms with Crippen LogP contribution in [0.4, 0.5) is 11.4 Å². The Morgan fingerprint density at radius 3 is 2.76 bits per heavy atom. The molecule has 0 saturated heterocycles. The molecule has 0 unspecified atom stereocenters. The van der Waals surface area contributed by atoms with E-state index in [9.17, 15) is 4.79 Å². The van der Waals surface area contributed by atoms with Crippen molar-refractivity contribution in [2.24, 2.45) is 0 Å². The molecule has 5 nitrogen and oxygen atoms in total. The number of halogens is 1. The second-order valence-corrected chi connectivity index (χ2v) is 5.45. The van der Waals surface area contributed by atoms with Gasteiger partial charge in [0.15, 0.2) is 5.69 Å². The number of rotatable bonds is 5. The molecule has 0 fully saturated rings. The van der Waals surface area contributed by atoms with E-state index in [4.69, 9.17) is 11.6 Å². The van der Waals surface area contributed by atoms with Gasteiger partial charge in [-0.1, -0.05) is 24.9 Å². The molecule has 21 heavy (non-hydrogen) atoms. The first-order chi connectivity index (χ1) is 10.0. The number of H-pyrrole nitrogens is 1. The van der Waals surface area contributed by atoms with Gasteiger partial charge in [-0.2, -0.15) is 5.10 Å². The van der Waals surface area contributed by atoms with Gasteiger partial charge in [0.1, 0.15) is 0 Å². The Kier molecular flexibility index (Phi) is 4.85. The zero-order chi connectivity index (χ0) is 15.4. The van der Waals surface area contributed by atoms with E-state index >= 15 is 0 Å². The van der Waals surface area contributed by atoms with E-state index in [0.717, 1.165) is 24.2 Å². The van der Waals surface area contributed by atoms with Crippen LogP contribution in [0, 0.1) is 0 Å². The van der Waals surface area contributed by atoms with Gasteiger partial charge >= 0.3 is 0 Å². The molecule has 2 rings (SSSR count). The molecular weight excluding hydrogens is 288 g/mol. The first-order valence-corrected chi connectivity index (χ1v) is 7.21. The Balaban J connectivity index is 2.10. The molecule has 1 aromatic heterocycles. The van der Waals surface area contributed by atoms with Gasteiger partial charge in [0.2, 0.25) is 0 Å². The lowest BCUT2D eigenvalue weighted by Gasteiger charge is -2.15. The highest BCUT2D eigenvalue weighted by Crippen LogP contribution is 2.27. The molecule has 2 N–H and O–H groups in total. The minimum Gasteiger partial charge on any atom is -0.376 e. The predicted molar refractivity (Wildman–Crippen MR) is 86.3 cm³/mol. The van der Waals surface area contributed by atoms with Crippen LogP contribution in [0.25, 0.3) is 0 Å². The predicted octanol–water partition coefficient (Wildman–Crippen LogP) is 3.33. The fraction of sp³-hybridized carbons (Fsp3) is 0.333. The lowest BCUT2D eigenvalue weighted by atomic mass is 10.2. The van der Waals surface area contributed by atoms with Gasteiger partial charge in [-0.05, 0) is 30.7 Å². The summed E-state index contributed by atoms with van der Waals surface area (Å²) in [5.41, 5.74) is 2.89. The average Bonchev–Trinajstić information content (AvgIpc) is 2.87. The van der Waals surface area contributed by atoms with Crippen molar-refractivity contribution in [1.29, 1.82) is 0 Å². The van der Waals surface area contributed by atoms with Crippen molar-refractivity contribution in [3.63, 3.8) is 0 Å². The Bertz CT molecular complexity index is 636. The minimum absolute atomic E-state index is 0.248. The summed E-state index contributed by atoms with van der Waals surface area (Å²) in [4.78, 5) is 14.0. The minimum atomic E-state index is -0.248. The van der Waals surface area contributed by atoms with Gasteiger partial charge < -0.3 is 10.2 Å². The zero-order valence-electron chi connectivity index (χ0n) is 12.4. The van der Waals surface area contributed by atoms with Gasteiger partial charge in [-0.3, -0.25) is 9.89 Å². The number of anilines is 2. The number of nitrogens with zero attached hydrogens (tertiary/aromatic N) is 2. The number of aromatic amines is 1. The van der Waals surface area contributed by atoms with E-state index in [1.807, 2.05) is 31.1 Å². The lowest BCUT2D eigenvalue weighted by molar-refractivity contribution is 0.102. The van der Waals surface area contributed by atoms with Gasteiger partial charge in [0.05, 0.1) is 10.7 Å². The van der Waals surface area contributed by atoms with Gasteiger partial charge in [-0.25, -0.2) is 0 Å². The SMILES string of the molecule is CCCc1cc(C(=O)Nc2ccc(N(C)C)c(Cl)c2)n[nH]1. The fourth-order valence-electron chi connectivity index (χ4n) is 2.02. The molecule has 0 aliphatic carbocycles. The quantitative estimate of drug-likeness (QED) is 0.890. The summed E-state index contributed by atoms with van der Waals surface area (Å²) in [5, 5.41) is 10.3. The molecule has 0 saturated carbocycles. The van der Waals surface area contributed by atoms with Crippen LogP contribution in [0.3, 0.4) is 0 Å². The molecule has 1 amide bonds. The van der Waals surface area contributed by atoms with Crippen LogP contribution in [0.2, 0.25) is 5.02 Å². The smallest absolute Gasteiger partial charge is 0.276 e. The first-order valence-electron chi connectivity index (χ1n) is 6.83. The van der Waals surface area contributed by atoms with Gasteiger partial charge in [-0.15, -0.1) is 0 Å². The van der Waals surface area contributed by atoms with Crippen LogP contribution in [0.5, 0.6) is 0 Å². The zero-order valence-corrected chi connectivity index (χ0v) is 13.2. The van der Waals surface area contributed by atoms with E-state index in [0.29, 0.717) is 16.4 Å². The molecule has 0 aliphatic rings.